The van der Waals surface area contributed by atoms with Gasteiger partial charge in [0.15, 0.2) is 0 Å². The first-order valence-corrected chi connectivity index (χ1v) is 4.64. The van der Waals surface area contributed by atoms with E-state index in [-0.39, 0.29) is 51.4 Å². The molecule has 0 amide bonds. The van der Waals surface area contributed by atoms with Crippen LogP contribution >= 0.6 is 0 Å². The van der Waals surface area contributed by atoms with Gasteiger partial charge in [-0.25, -0.2) is 0 Å². The molecule has 0 spiro atoms. The Hall–Kier alpha value is 0.259. The normalized spacial score (nSPS) is 8.40. The topological polar surface area (TPSA) is 95.2 Å². The van der Waals surface area contributed by atoms with Crippen LogP contribution in [0.25, 0.3) is 0 Å². The van der Waals surface area contributed by atoms with Gasteiger partial charge in [0.25, 0.3) is 0 Å². The van der Waals surface area contributed by atoms with Crippen molar-refractivity contribution < 1.29 is 15.5 Å². The summed E-state index contributed by atoms with van der Waals surface area (Å²) in [7, 11) is 0. The maximum absolute atomic E-state index is 8.13. The second-order valence-electron chi connectivity index (χ2n) is 0.757. The van der Waals surface area contributed by atoms with Gasteiger partial charge in [0.05, 0.1) is 0 Å². The van der Waals surface area contributed by atoms with Crippen LogP contribution in [0.1, 0.15) is 0 Å². The Balaban J connectivity index is 0. The van der Waals surface area contributed by atoms with Crippen molar-refractivity contribution in [3.8, 4) is 18.2 Å². The molecule has 0 aromatic rings. The van der Waals surface area contributed by atoms with Gasteiger partial charge in [-0.2, -0.15) is 0 Å². The van der Waals surface area contributed by atoms with Gasteiger partial charge < -0.3 is 0 Å². The summed E-state index contributed by atoms with van der Waals surface area (Å²) in [5.74, 6) is 0. The Morgan fingerprint density at radius 3 is 0.900 bits per heavy atom. The van der Waals surface area contributed by atoms with Crippen molar-refractivity contribution in [2.75, 3.05) is 0 Å². The van der Waals surface area contributed by atoms with Gasteiger partial charge in [0, 0.05) is 0 Å². The second kappa shape index (κ2) is 6.00. The molecule has 0 N–H and O–H groups in total. The fourth-order valence-corrected chi connectivity index (χ4v) is 0.561. The zero-order valence-electron chi connectivity index (χ0n) is 4.11. The summed E-state index contributed by atoms with van der Waals surface area (Å²) in [6.45, 7) is 0. The number of nitrogens with zero attached hydrogens (tertiary/aromatic N) is 4. The van der Waals surface area contributed by atoms with E-state index in [9.17, 15) is 0 Å². The van der Waals surface area contributed by atoms with Crippen molar-refractivity contribution in [3.05, 3.63) is 0 Å². The summed E-state index contributed by atoms with van der Waals surface area (Å²) in [6.07, 6.45) is 0. The SMILES string of the molecule is N#[C][Pd]([C]#N)([C]#N)[C]#N.[KH]. The maximum atomic E-state index is 8.13. The third-order valence-electron chi connectivity index (χ3n) is 0.424. The summed E-state index contributed by atoms with van der Waals surface area (Å²) in [5.41, 5.74) is 0. The molecular formula is C4HKN4Pd. The average Bonchev–Trinajstić information content (AvgIpc) is 1.95. The van der Waals surface area contributed by atoms with Crippen molar-refractivity contribution in [2.24, 2.45) is 0 Å². The predicted octanol–water partition coefficient (Wildman–Crippen LogP) is -0.584. The van der Waals surface area contributed by atoms with E-state index in [0.29, 0.717) is 0 Å². The van der Waals surface area contributed by atoms with Gasteiger partial charge in [-0.15, -0.1) is 0 Å². The minimum absolute atomic E-state index is 0. The van der Waals surface area contributed by atoms with Crippen molar-refractivity contribution in [1.29, 1.82) is 21.0 Å². The molecule has 0 aliphatic rings. The Morgan fingerprint density at radius 1 is 0.700 bits per heavy atom. The van der Waals surface area contributed by atoms with Gasteiger partial charge in [-0.3, -0.25) is 0 Å². The first-order valence-electron chi connectivity index (χ1n) is 1.53. The van der Waals surface area contributed by atoms with Crippen molar-refractivity contribution in [1.82, 2.24) is 0 Å². The Morgan fingerprint density at radius 2 is 0.900 bits per heavy atom. The van der Waals surface area contributed by atoms with Crippen molar-refractivity contribution in [3.63, 3.8) is 0 Å². The predicted molar refractivity (Wildman–Crippen MR) is 29.6 cm³/mol. The van der Waals surface area contributed by atoms with Gasteiger partial charge >= 0.3 is 106 Å². The van der Waals surface area contributed by atoms with Crippen LogP contribution in [0.3, 0.4) is 0 Å². The Bertz CT molecular complexity index is 210. The van der Waals surface area contributed by atoms with E-state index in [0.717, 1.165) is 0 Å². The summed E-state index contributed by atoms with van der Waals surface area (Å²) >= 11 is -3.58. The monoisotopic (exact) mass is 250 g/mol. The number of hydrogen-bond acceptors (Lipinski definition) is 4. The van der Waals surface area contributed by atoms with Crippen molar-refractivity contribution in [2.45, 2.75) is 0 Å². The number of hydrogen-bond donors (Lipinski definition) is 0. The van der Waals surface area contributed by atoms with Crippen LogP contribution in [0, 0.1) is 39.2 Å². The van der Waals surface area contributed by atoms with Gasteiger partial charge in [0.2, 0.25) is 0 Å². The molecule has 0 saturated heterocycles. The molecule has 0 aromatic heterocycles. The first kappa shape index (κ1) is 12.9. The third-order valence-corrected chi connectivity index (χ3v) is 2.51. The molecule has 0 fully saturated rings. The van der Waals surface area contributed by atoms with Crippen LogP contribution in [0.15, 0.2) is 0 Å². The van der Waals surface area contributed by atoms with E-state index < -0.39 is 15.5 Å². The molecular weight excluding hydrogens is 250 g/mol. The molecule has 0 bridgehead atoms. The number of nitriles is 4. The van der Waals surface area contributed by atoms with Crippen LogP contribution in [0.5, 0.6) is 0 Å². The summed E-state index contributed by atoms with van der Waals surface area (Å²) in [4.78, 5) is 0. The zero-order valence-corrected chi connectivity index (χ0v) is 5.66. The van der Waals surface area contributed by atoms with Crippen LogP contribution in [-0.4, -0.2) is 51.4 Å². The van der Waals surface area contributed by atoms with E-state index in [1.807, 2.05) is 0 Å². The zero-order chi connectivity index (χ0) is 7.33. The molecule has 0 unspecified atom stereocenters. The van der Waals surface area contributed by atoms with Crippen molar-refractivity contribution >= 4 is 51.4 Å². The average molecular weight is 251 g/mol. The van der Waals surface area contributed by atoms with Crippen LogP contribution in [-0.2, 0) is 15.5 Å². The standard InChI is InChI=1S/4CN.K.Pd.H/c4*1-2;;;. The molecule has 0 saturated carbocycles. The second-order valence-corrected chi connectivity index (χ2v) is 4.48. The summed E-state index contributed by atoms with van der Waals surface area (Å²) < 4.78 is 5.72. The van der Waals surface area contributed by atoms with Crippen LogP contribution in [0.2, 0.25) is 0 Å². The molecule has 0 heterocycles. The van der Waals surface area contributed by atoms with E-state index in [4.69, 9.17) is 21.0 Å². The molecule has 48 valence electrons. The number of rotatable bonds is 0. The van der Waals surface area contributed by atoms with E-state index in [1.165, 1.54) is 18.2 Å². The fraction of sp³-hybridized carbons (Fsp3) is 0. The summed E-state index contributed by atoms with van der Waals surface area (Å²) in [6, 6.07) is 0. The van der Waals surface area contributed by atoms with Crippen LogP contribution in [0.4, 0.5) is 0 Å². The molecule has 0 radical (unpaired) electrons. The minimum atomic E-state index is -3.58. The van der Waals surface area contributed by atoms with Crippen LogP contribution < -0.4 is 0 Å². The van der Waals surface area contributed by atoms with Gasteiger partial charge in [-0.05, 0) is 0 Å². The van der Waals surface area contributed by atoms with E-state index in [2.05, 4.69) is 0 Å². The molecule has 6 heteroatoms. The fourth-order valence-electron chi connectivity index (χ4n) is 0.0949. The van der Waals surface area contributed by atoms with Gasteiger partial charge in [0.1, 0.15) is 0 Å². The first-order chi connectivity index (χ1) is 4.24. The Kier molecular flexibility index (Phi) is 7.74. The van der Waals surface area contributed by atoms with E-state index >= 15 is 0 Å². The molecule has 0 atom stereocenters. The molecule has 10 heavy (non-hydrogen) atoms. The van der Waals surface area contributed by atoms with E-state index in [1.54, 1.807) is 0 Å². The Labute approximate surface area is 104 Å². The molecule has 0 rings (SSSR count). The molecule has 0 aromatic carbocycles. The molecule has 4 nitrogen and oxygen atoms in total. The third kappa shape index (κ3) is 2.90. The van der Waals surface area contributed by atoms with Gasteiger partial charge in [-0.1, -0.05) is 0 Å². The quantitative estimate of drug-likeness (QED) is 0.537. The molecule has 0 aliphatic heterocycles. The molecule has 0 aliphatic carbocycles. The summed E-state index contributed by atoms with van der Waals surface area (Å²) in [5, 5.41) is 32.5.